The van der Waals surface area contributed by atoms with Gasteiger partial charge in [-0.3, -0.25) is 4.79 Å². The summed E-state index contributed by atoms with van der Waals surface area (Å²) in [5, 5.41) is 2.85. The Morgan fingerprint density at radius 1 is 1.57 bits per heavy atom. The van der Waals surface area contributed by atoms with Crippen LogP contribution in [0.5, 0.6) is 5.75 Å². The fraction of sp³-hybridized carbons (Fsp3) is 0.100. The van der Waals surface area contributed by atoms with Gasteiger partial charge in [0.1, 0.15) is 5.75 Å². The highest BCUT2D eigenvalue weighted by molar-refractivity contribution is 7.80. The second-order valence-corrected chi connectivity index (χ2v) is 4.19. The molecule has 2 aromatic rings. The van der Waals surface area contributed by atoms with Crippen molar-refractivity contribution in [2.75, 3.05) is 7.11 Å². The standard InChI is InChI=1S/C10H8O2S2/c1-12-8-4-9(13)7(5-11)6-2-3-14-10(6)8/h2-5,13H,1H3. The number of methoxy groups -OCH3 is 1. The Morgan fingerprint density at radius 2 is 2.36 bits per heavy atom. The predicted molar refractivity (Wildman–Crippen MR) is 61.0 cm³/mol. The number of ether oxygens (including phenoxy) is 1. The molecule has 0 aliphatic heterocycles. The maximum Gasteiger partial charge on any atom is 0.151 e. The smallest absolute Gasteiger partial charge is 0.151 e. The van der Waals surface area contributed by atoms with Gasteiger partial charge in [-0.05, 0) is 17.5 Å². The highest BCUT2D eigenvalue weighted by atomic mass is 32.1. The Kier molecular flexibility index (Phi) is 2.48. The summed E-state index contributed by atoms with van der Waals surface area (Å²) in [6, 6.07) is 3.68. The van der Waals surface area contributed by atoms with E-state index in [0.717, 1.165) is 22.1 Å². The number of fused-ring (bicyclic) bond motifs is 1. The van der Waals surface area contributed by atoms with Gasteiger partial charge in [0.15, 0.2) is 6.29 Å². The summed E-state index contributed by atoms with van der Waals surface area (Å²) in [5.41, 5.74) is 0.630. The van der Waals surface area contributed by atoms with E-state index >= 15 is 0 Å². The second-order valence-electron chi connectivity index (χ2n) is 2.79. The monoisotopic (exact) mass is 224 g/mol. The van der Waals surface area contributed by atoms with Crippen molar-refractivity contribution in [3.63, 3.8) is 0 Å². The molecular weight excluding hydrogens is 216 g/mol. The molecule has 0 bridgehead atoms. The summed E-state index contributed by atoms with van der Waals surface area (Å²) in [6.07, 6.45) is 0.830. The van der Waals surface area contributed by atoms with Crippen molar-refractivity contribution >= 4 is 40.3 Å². The first kappa shape index (κ1) is 9.55. The van der Waals surface area contributed by atoms with E-state index in [1.54, 1.807) is 24.5 Å². The van der Waals surface area contributed by atoms with Gasteiger partial charge in [0, 0.05) is 15.8 Å². The second kappa shape index (κ2) is 3.63. The Hall–Kier alpha value is -1.00. The Balaban J connectivity index is 2.88. The van der Waals surface area contributed by atoms with Crippen LogP contribution in [0.25, 0.3) is 10.1 Å². The Labute approximate surface area is 90.9 Å². The summed E-state index contributed by atoms with van der Waals surface area (Å²) < 4.78 is 6.20. The third kappa shape index (κ3) is 1.31. The minimum absolute atomic E-state index is 0.630. The van der Waals surface area contributed by atoms with E-state index in [2.05, 4.69) is 12.6 Å². The lowest BCUT2D eigenvalue weighted by Crippen LogP contribution is -1.88. The highest BCUT2D eigenvalue weighted by Gasteiger charge is 2.10. The van der Waals surface area contributed by atoms with Gasteiger partial charge in [0.25, 0.3) is 0 Å². The van der Waals surface area contributed by atoms with Crippen molar-refractivity contribution in [2.24, 2.45) is 0 Å². The molecular formula is C10H8O2S2. The molecule has 0 fully saturated rings. The number of rotatable bonds is 2. The van der Waals surface area contributed by atoms with Gasteiger partial charge >= 0.3 is 0 Å². The molecule has 0 aliphatic carbocycles. The van der Waals surface area contributed by atoms with E-state index in [-0.39, 0.29) is 0 Å². The molecule has 0 atom stereocenters. The molecule has 0 aliphatic rings. The van der Waals surface area contributed by atoms with Gasteiger partial charge in [0.05, 0.1) is 11.8 Å². The molecule has 1 heterocycles. The van der Waals surface area contributed by atoms with E-state index in [4.69, 9.17) is 4.74 Å². The van der Waals surface area contributed by atoms with Crippen LogP contribution in [0.3, 0.4) is 0 Å². The van der Waals surface area contributed by atoms with E-state index in [1.807, 2.05) is 11.4 Å². The van der Waals surface area contributed by atoms with Crippen LogP contribution in [-0.4, -0.2) is 13.4 Å². The van der Waals surface area contributed by atoms with Gasteiger partial charge in [-0.2, -0.15) is 0 Å². The summed E-state index contributed by atoms with van der Waals surface area (Å²) >= 11 is 5.80. The van der Waals surface area contributed by atoms with Crippen molar-refractivity contribution in [3.05, 3.63) is 23.1 Å². The number of carbonyl (C=O) groups excluding carboxylic acids is 1. The molecule has 0 saturated heterocycles. The van der Waals surface area contributed by atoms with Crippen molar-refractivity contribution in [2.45, 2.75) is 4.90 Å². The molecule has 0 unspecified atom stereocenters. The highest BCUT2D eigenvalue weighted by Crippen LogP contribution is 2.35. The Bertz CT molecular complexity index is 488. The lowest BCUT2D eigenvalue weighted by Gasteiger charge is -2.05. The van der Waals surface area contributed by atoms with Crippen molar-refractivity contribution in [3.8, 4) is 5.75 Å². The summed E-state index contributed by atoms with van der Waals surface area (Å²) in [4.78, 5) is 11.5. The molecule has 72 valence electrons. The molecule has 1 aromatic carbocycles. The molecule has 2 rings (SSSR count). The number of thiophene rings is 1. The number of benzene rings is 1. The molecule has 0 radical (unpaired) electrons. The van der Waals surface area contributed by atoms with Gasteiger partial charge < -0.3 is 4.74 Å². The number of thiol groups is 1. The molecule has 0 saturated carbocycles. The number of carbonyl (C=O) groups is 1. The van der Waals surface area contributed by atoms with Crippen molar-refractivity contribution < 1.29 is 9.53 Å². The van der Waals surface area contributed by atoms with Crippen LogP contribution in [-0.2, 0) is 0 Å². The van der Waals surface area contributed by atoms with Crippen LogP contribution in [0, 0.1) is 0 Å². The fourth-order valence-corrected chi connectivity index (χ4v) is 2.59. The van der Waals surface area contributed by atoms with E-state index in [9.17, 15) is 4.79 Å². The molecule has 14 heavy (non-hydrogen) atoms. The normalized spacial score (nSPS) is 10.4. The zero-order valence-electron chi connectivity index (χ0n) is 7.48. The number of hydrogen-bond donors (Lipinski definition) is 1. The molecule has 0 N–H and O–H groups in total. The molecule has 0 spiro atoms. The summed E-state index contributed by atoms with van der Waals surface area (Å²) in [6.45, 7) is 0. The van der Waals surface area contributed by atoms with Crippen molar-refractivity contribution in [1.82, 2.24) is 0 Å². The van der Waals surface area contributed by atoms with E-state index < -0.39 is 0 Å². The number of hydrogen-bond acceptors (Lipinski definition) is 4. The lowest BCUT2D eigenvalue weighted by molar-refractivity contribution is 0.112. The maximum atomic E-state index is 10.9. The first-order valence-corrected chi connectivity index (χ1v) is 5.33. The van der Waals surface area contributed by atoms with Gasteiger partial charge in [0.2, 0.25) is 0 Å². The van der Waals surface area contributed by atoms with Crippen LogP contribution in [0.15, 0.2) is 22.4 Å². The van der Waals surface area contributed by atoms with Crippen LogP contribution >= 0.6 is 24.0 Å². The zero-order valence-corrected chi connectivity index (χ0v) is 9.19. The minimum Gasteiger partial charge on any atom is -0.495 e. The SMILES string of the molecule is COc1cc(S)c(C=O)c2ccsc12. The summed E-state index contributed by atoms with van der Waals surface area (Å²) in [7, 11) is 1.61. The topological polar surface area (TPSA) is 26.3 Å². The van der Waals surface area contributed by atoms with Crippen LogP contribution in [0.1, 0.15) is 10.4 Å². The molecule has 0 amide bonds. The fourth-order valence-electron chi connectivity index (χ4n) is 1.39. The van der Waals surface area contributed by atoms with E-state index in [0.29, 0.717) is 10.5 Å². The largest absolute Gasteiger partial charge is 0.495 e. The van der Waals surface area contributed by atoms with Gasteiger partial charge in [-0.1, -0.05) is 0 Å². The lowest BCUT2D eigenvalue weighted by atomic mass is 10.1. The zero-order chi connectivity index (χ0) is 10.1. The van der Waals surface area contributed by atoms with Crippen LogP contribution in [0.2, 0.25) is 0 Å². The minimum atomic E-state index is 0.630. The van der Waals surface area contributed by atoms with Gasteiger partial charge in [-0.25, -0.2) is 0 Å². The average molecular weight is 224 g/mol. The third-order valence-electron chi connectivity index (χ3n) is 2.06. The first-order valence-electron chi connectivity index (χ1n) is 4.00. The Morgan fingerprint density at radius 3 is 3.00 bits per heavy atom. The molecule has 4 heteroatoms. The molecule has 2 nitrogen and oxygen atoms in total. The van der Waals surface area contributed by atoms with Crippen molar-refractivity contribution in [1.29, 1.82) is 0 Å². The quantitative estimate of drug-likeness (QED) is 0.627. The van der Waals surface area contributed by atoms with E-state index in [1.165, 1.54) is 0 Å². The first-order chi connectivity index (χ1) is 6.77. The molecule has 1 aromatic heterocycles. The number of aldehydes is 1. The van der Waals surface area contributed by atoms with Gasteiger partial charge in [-0.15, -0.1) is 24.0 Å². The predicted octanol–water partition coefficient (Wildman–Crippen LogP) is 3.01. The average Bonchev–Trinajstić information content (AvgIpc) is 2.65. The third-order valence-corrected chi connectivity index (χ3v) is 3.36. The van der Waals surface area contributed by atoms with Crippen LogP contribution in [0.4, 0.5) is 0 Å². The maximum absolute atomic E-state index is 10.9. The van der Waals surface area contributed by atoms with Crippen LogP contribution < -0.4 is 4.74 Å². The summed E-state index contributed by atoms with van der Waals surface area (Å²) in [5.74, 6) is 0.769.